The molecule has 1 N–H and O–H groups in total. The second-order valence-corrected chi connectivity index (χ2v) is 6.02. The summed E-state index contributed by atoms with van der Waals surface area (Å²) in [4.78, 5) is 11.1. The molecule has 15 heavy (non-hydrogen) atoms. The van der Waals surface area contributed by atoms with Crippen LogP contribution in [-0.2, 0) is 14.6 Å². The molecule has 0 aromatic heterocycles. The van der Waals surface area contributed by atoms with Crippen molar-refractivity contribution in [1.29, 1.82) is 0 Å². The van der Waals surface area contributed by atoms with Crippen LogP contribution in [0.1, 0.15) is 33.6 Å². The molecule has 0 spiro atoms. The van der Waals surface area contributed by atoms with E-state index in [2.05, 4.69) is 6.58 Å². The smallest absolute Gasteiger partial charge is 0.325 e. The van der Waals surface area contributed by atoms with Gasteiger partial charge in [-0.2, -0.15) is 0 Å². The van der Waals surface area contributed by atoms with E-state index in [-0.39, 0.29) is 18.6 Å². The summed E-state index contributed by atoms with van der Waals surface area (Å²) in [5.74, 6) is -1.53. The van der Waals surface area contributed by atoms with E-state index in [1.165, 1.54) is 0 Å². The molecular formula is C10H18O4S. The molecule has 0 saturated carbocycles. The Hall–Kier alpha value is -0.840. The molecule has 0 saturated heterocycles. The molecule has 0 heterocycles. The van der Waals surface area contributed by atoms with Gasteiger partial charge in [-0.05, 0) is 19.8 Å². The standard InChI is InChI=1S/C10H18O4S/c1-5-10(6-2,9(11)12)15(13,14)7-8(3)4/h3,5-7H2,1-2,4H3,(H,11,12). The maximum Gasteiger partial charge on any atom is 0.325 e. The molecular weight excluding hydrogens is 216 g/mol. The first-order valence-electron chi connectivity index (χ1n) is 4.83. The molecule has 0 amide bonds. The fraction of sp³-hybridized carbons (Fsp3) is 0.700. The first kappa shape index (κ1) is 14.2. The van der Waals surface area contributed by atoms with Crippen molar-refractivity contribution < 1.29 is 18.3 Å². The van der Waals surface area contributed by atoms with Crippen molar-refractivity contribution in [2.45, 2.75) is 38.4 Å². The van der Waals surface area contributed by atoms with E-state index in [0.29, 0.717) is 5.57 Å². The second kappa shape index (κ2) is 4.79. The Morgan fingerprint density at radius 2 is 1.73 bits per heavy atom. The normalized spacial score (nSPS) is 12.5. The zero-order valence-corrected chi connectivity index (χ0v) is 10.2. The number of carboxylic acid groups (broad SMARTS) is 1. The lowest BCUT2D eigenvalue weighted by Gasteiger charge is -2.26. The van der Waals surface area contributed by atoms with E-state index in [0.717, 1.165) is 0 Å². The van der Waals surface area contributed by atoms with Crippen LogP contribution in [0.2, 0.25) is 0 Å². The van der Waals surface area contributed by atoms with Gasteiger partial charge < -0.3 is 5.11 Å². The average molecular weight is 234 g/mol. The minimum atomic E-state index is -3.68. The summed E-state index contributed by atoms with van der Waals surface area (Å²) in [5, 5.41) is 9.06. The van der Waals surface area contributed by atoms with E-state index < -0.39 is 20.6 Å². The van der Waals surface area contributed by atoms with Crippen LogP contribution in [0.15, 0.2) is 12.2 Å². The third-order valence-electron chi connectivity index (χ3n) is 2.56. The van der Waals surface area contributed by atoms with Gasteiger partial charge in [0.05, 0.1) is 5.75 Å². The monoisotopic (exact) mass is 234 g/mol. The van der Waals surface area contributed by atoms with Crippen LogP contribution in [0.3, 0.4) is 0 Å². The molecule has 0 atom stereocenters. The summed E-state index contributed by atoms with van der Waals surface area (Å²) >= 11 is 0. The van der Waals surface area contributed by atoms with Gasteiger partial charge in [-0.3, -0.25) is 4.79 Å². The van der Waals surface area contributed by atoms with Gasteiger partial charge in [-0.1, -0.05) is 26.0 Å². The van der Waals surface area contributed by atoms with E-state index in [9.17, 15) is 13.2 Å². The highest BCUT2D eigenvalue weighted by atomic mass is 32.2. The molecule has 4 nitrogen and oxygen atoms in total. The Morgan fingerprint density at radius 1 is 1.33 bits per heavy atom. The number of aliphatic carboxylic acids is 1. The zero-order valence-electron chi connectivity index (χ0n) is 9.41. The van der Waals surface area contributed by atoms with E-state index >= 15 is 0 Å². The van der Waals surface area contributed by atoms with Gasteiger partial charge >= 0.3 is 5.97 Å². The second-order valence-electron chi connectivity index (χ2n) is 3.72. The molecule has 0 bridgehead atoms. The number of rotatable bonds is 6. The highest BCUT2D eigenvalue weighted by Gasteiger charge is 2.47. The number of carbonyl (C=O) groups is 1. The Kier molecular flexibility index (Phi) is 4.52. The van der Waals surface area contributed by atoms with Crippen LogP contribution in [-0.4, -0.2) is 30.0 Å². The highest BCUT2D eigenvalue weighted by molar-refractivity contribution is 7.93. The summed E-state index contributed by atoms with van der Waals surface area (Å²) in [6.07, 6.45) is 0.156. The topological polar surface area (TPSA) is 71.4 Å². The largest absolute Gasteiger partial charge is 0.480 e. The van der Waals surface area contributed by atoms with Crippen molar-refractivity contribution in [1.82, 2.24) is 0 Å². The number of hydrogen-bond donors (Lipinski definition) is 1. The number of hydrogen-bond acceptors (Lipinski definition) is 3. The maximum atomic E-state index is 11.9. The van der Waals surface area contributed by atoms with Crippen molar-refractivity contribution in [3.63, 3.8) is 0 Å². The van der Waals surface area contributed by atoms with Gasteiger partial charge in [0.2, 0.25) is 0 Å². The lowest BCUT2D eigenvalue weighted by Crippen LogP contribution is -2.46. The summed E-state index contributed by atoms with van der Waals surface area (Å²) in [7, 11) is -3.68. The van der Waals surface area contributed by atoms with Gasteiger partial charge in [-0.25, -0.2) is 8.42 Å². The summed E-state index contributed by atoms with van der Waals surface area (Å²) in [6, 6.07) is 0. The molecule has 5 heteroatoms. The van der Waals surface area contributed by atoms with Gasteiger partial charge in [0.1, 0.15) is 0 Å². The summed E-state index contributed by atoms with van der Waals surface area (Å²) in [6.45, 7) is 8.24. The molecule has 0 rings (SSSR count). The third-order valence-corrected chi connectivity index (χ3v) is 5.38. The molecule has 0 radical (unpaired) electrons. The Balaban J connectivity index is 5.44. The van der Waals surface area contributed by atoms with Crippen LogP contribution in [0.5, 0.6) is 0 Å². The van der Waals surface area contributed by atoms with E-state index in [1.807, 2.05) is 0 Å². The van der Waals surface area contributed by atoms with Crippen LogP contribution < -0.4 is 0 Å². The fourth-order valence-electron chi connectivity index (χ4n) is 1.59. The Bertz CT molecular complexity index is 350. The molecule has 88 valence electrons. The minimum absolute atomic E-state index is 0.0778. The maximum absolute atomic E-state index is 11.9. The van der Waals surface area contributed by atoms with Crippen LogP contribution in [0.25, 0.3) is 0 Å². The minimum Gasteiger partial charge on any atom is -0.480 e. The van der Waals surface area contributed by atoms with Gasteiger partial charge in [-0.15, -0.1) is 0 Å². The average Bonchev–Trinajstić information content (AvgIpc) is 2.03. The molecule has 0 fully saturated rings. The van der Waals surface area contributed by atoms with Gasteiger partial charge in [0.25, 0.3) is 0 Å². The summed E-state index contributed by atoms with van der Waals surface area (Å²) < 4.78 is 22.2. The number of sulfone groups is 1. The molecule has 0 unspecified atom stereocenters. The Labute approximate surface area is 90.9 Å². The Morgan fingerprint density at radius 3 is 1.93 bits per heavy atom. The first-order valence-corrected chi connectivity index (χ1v) is 6.48. The number of carboxylic acids is 1. The van der Waals surface area contributed by atoms with Crippen molar-refractivity contribution in [3.05, 3.63) is 12.2 Å². The van der Waals surface area contributed by atoms with Crippen molar-refractivity contribution in [2.24, 2.45) is 0 Å². The van der Waals surface area contributed by atoms with Crippen LogP contribution in [0.4, 0.5) is 0 Å². The van der Waals surface area contributed by atoms with Gasteiger partial charge in [0.15, 0.2) is 14.6 Å². The highest BCUT2D eigenvalue weighted by Crippen LogP contribution is 2.28. The van der Waals surface area contributed by atoms with E-state index in [4.69, 9.17) is 5.11 Å². The van der Waals surface area contributed by atoms with Crippen molar-refractivity contribution in [3.8, 4) is 0 Å². The van der Waals surface area contributed by atoms with Crippen molar-refractivity contribution >= 4 is 15.8 Å². The van der Waals surface area contributed by atoms with Crippen LogP contribution in [0, 0.1) is 0 Å². The van der Waals surface area contributed by atoms with Crippen molar-refractivity contribution in [2.75, 3.05) is 5.75 Å². The summed E-state index contributed by atoms with van der Waals surface area (Å²) in [5.41, 5.74) is 0.461. The molecule has 0 aliphatic heterocycles. The molecule has 0 aliphatic carbocycles. The fourth-order valence-corrected chi connectivity index (χ4v) is 3.66. The molecule has 0 aromatic rings. The zero-order chi connectivity index (χ0) is 12.3. The van der Waals surface area contributed by atoms with Crippen LogP contribution >= 0.6 is 0 Å². The quantitative estimate of drug-likeness (QED) is 0.709. The SMILES string of the molecule is C=C(C)CS(=O)(=O)C(CC)(CC)C(=O)O. The molecule has 0 aliphatic rings. The van der Waals surface area contributed by atoms with E-state index in [1.54, 1.807) is 20.8 Å². The third kappa shape index (κ3) is 2.59. The predicted molar refractivity (Wildman–Crippen MR) is 59.5 cm³/mol. The first-order chi connectivity index (χ1) is 6.73. The van der Waals surface area contributed by atoms with Gasteiger partial charge in [0, 0.05) is 0 Å². The molecule has 0 aromatic carbocycles. The predicted octanol–water partition coefficient (Wildman–Crippen LogP) is 1.62. The lowest BCUT2D eigenvalue weighted by atomic mass is 10.0. The lowest BCUT2D eigenvalue weighted by molar-refractivity contribution is -0.140.